The zero-order chi connectivity index (χ0) is 23.5. The lowest BCUT2D eigenvalue weighted by atomic mass is 9.95. The van der Waals surface area contributed by atoms with Crippen molar-refractivity contribution in [2.24, 2.45) is 0 Å². The molecule has 6 nitrogen and oxygen atoms in total. The van der Waals surface area contributed by atoms with Crippen LogP contribution in [-0.4, -0.2) is 27.2 Å². The molecule has 1 aromatic heterocycles. The van der Waals surface area contributed by atoms with Crippen LogP contribution in [0.5, 0.6) is 17.2 Å². The fraction of sp³-hybridized carbons (Fsp3) is 0.286. The van der Waals surface area contributed by atoms with E-state index in [9.17, 15) is 9.90 Å². The summed E-state index contributed by atoms with van der Waals surface area (Å²) in [6.07, 6.45) is 5.87. The Hall–Kier alpha value is -3.80. The van der Waals surface area contributed by atoms with Gasteiger partial charge in [-0.1, -0.05) is 31.4 Å². The smallest absolute Gasteiger partial charge is 0.335 e. The average molecular weight is 457 g/mol. The topological polar surface area (TPSA) is 73.6 Å². The van der Waals surface area contributed by atoms with Gasteiger partial charge in [0.1, 0.15) is 11.6 Å². The molecule has 1 aliphatic carbocycles. The molecular weight excluding hydrogens is 428 g/mol. The number of benzene rings is 3. The lowest BCUT2D eigenvalue weighted by Crippen LogP contribution is -2.14. The van der Waals surface area contributed by atoms with Crippen LogP contribution in [0.15, 0.2) is 66.7 Å². The number of ether oxygens (including phenoxy) is 2. The van der Waals surface area contributed by atoms with Crippen LogP contribution in [0.3, 0.4) is 0 Å². The number of carboxylic acids is 1. The normalized spacial score (nSPS) is 14.3. The van der Waals surface area contributed by atoms with E-state index in [-0.39, 0.29) is 5.56 Å². The first-order chi connectivity index (χ1) is 16.6. The molecule has 0 radical (unpaired) electrons. The van der Waals surface area contributed by atoms with Crippen LogP contribution >= 0.6 is 0 Å². The predicted octanol–water partition coefficient (Wildman–Crippen LogP) is 7.10. The number of aromatic carboxylic acids is 1. The Morgan fingerprint density at radius 3 is 2.44 bits per heavy atom. The Bertz CT molecular complexity index is 1300. The molecule has 1 saturated carbocycles. The summed E-state index contributed by atoms with van der Waals surface area (Å²) < 4.78 is 14.1. The zero-order valence-electron chi connectivity index (χ0n) is 19.2. The van der Waals surface area contributed by atoms with E-state index in [0.717, 1.165) is 29.7 Å². The number of imidazole rings is 1. The second kappa shape index (κ2) is 9.59. The number of fused-ring (bicyclic) bond motifs is 1. The number of hydrogen-bond acceptors (Lipinski definition) is 4. The number of hydrogen-bond donors (Lipinski definition) is 1. The third kappa shape index (κ3) is 4.36. The third-order valence-corrected chi connectivity index (χ3v) is 6.37. The number of carbonyl (C=O) groups is 1. The lowest BCUT2D eigenvalue weighted by molar-refractivity contribution is 0.0697. The van der Waals surface area contributed by atoms with E-state index in [1.807, 2.05) is 61.5 Å². The van der Waals surface area contributed by atoms with Gasteiger partial charge in [-0.15, -0.1) is 0 Å². The van der Waals surface area contributed by atoms with Gasteiger partial charge in [-0.25, -0.2) is 9.78 Å². The van der Waals surface area contributed by atoms with E-state index < -0.39 is 5.97 Å². The number of rotatable bonds is 7. The zero-order valence-corrected chi connectivity index (χ0v) is 19.2. The van der Waals surface area contributed by atoms with Gasteiger partial charge in [0.15, 0.2) is 11.5 Å². The molecule has 6 heteroatoms. The van der Waals surface area contributed by atoms with Gasteiger partial charge in [-0.05, 0) is 74.4 Å². The predicted molar refractivity (Wildman–Crippen MR) is 132 cm³/mol. The molecule has 1 aliphatic rings. The van der Waals surface area contributed by atoms with E-state index in [2.05, 4.69) is 4.57 Å². The first kappa shape index (κ1) is 22.0. The summed E-state index contributed by atoms with van der Waals surface area (Å²) in [5.74, 6) is 2.02. The van der Waals surface area contributed by atoms with Crippen molar-refractivity contribution >= 4 is 17.0 Å². The minimum atomic E-state index is -0.940. The van der Waals surface area contributed by atoms with Gasteiger partial charge in [0.25, 0.3) is 0 Å². The minimum Gasteiger partial charge on any atom is -0.490 e. The fourth-order valence-electron chi connectivity index (χ4n) is 4.75. The maximum absolute atomic E-state index is 11.5. The van der Waals surface area contributed by atoms with Gasteiger partial charge in [0, 0.05) is 11.6 Å². The maximum Gasteiger partial charge on any atom is 0.335 e. The molecule has 1 heterocycles. The molecule has 0 bridgehead atoms. The number of carboxylic acid groups (broad SMARTS) is 1. The molecule has 174 valence electrons. The summed E-state index contributed by atoms with van der Waals surface area (Å²) >= 11 is 0. The maximum atomic E-state index is 11.5. The molecule has 1 N–H and O–H groups in total. The average Bonchev–Trinajstić information content (AvgIpc) is 3.25. The Balaban J connectivity index is 1.51. The van der Waals surface area contributed by atoms with Crippen molar-refractivity contribution in [2.75, 3.05) is 6.61 Å². The van der Waals surface area contributed by atoms with Gasteiger partial charge < -0.3 is 19.1 Å². The van der Waals surface area contributed by atoms with Crippen LogP contribution in [0.2, 0.25) is 0 Å². The number of para-hydroxylation sites is 2. The largest absolute Gasteiger partial charge is 0.490 e. The van der Waals surface area contributed by atoms with E-state index >= 15 is 0 Å². The van der Waals surface area contributed by atoms with E-state index in [4.69, 9.17) is 14.5 Å². The monoisotopic (exact) mass is 456 g/mol. The van der Waals surface area contributed by atoms with Gasteiger partial charge >= 0.3 is 5.97 Å². The van der Waals surface area contributed by atoms with Gasteiger partial charge in [-0.2, -0.15) is 0 Å². The second-order valence-electron chi connectivity index (χ2n) is 8.61. The van der Waals surface area contributed by atoms with Crippen LogP contribution in [0, 0.1) is 0 Å². The first-order valence-electron chi connectivity index (χ1n) is 11.9. The highest BCUT2D eigenvalue weighted by atomic mass is 16.5. The van der Waals surface area contributed by atoms with Crippen molar-refractivity contribution in [3.63, 3.8) is 0 Å². The summed E-state index contributed by atoms with van der Waals surface area (Å²) in [7, 11) is 0. The number of aromatic nitrogens is 2. The molecule has 34 heavy (non-hydrogen) atoms. The highest BCUT2D eigenvalue weighted by Crippen LogP contribution is 2.37. The molecule has 0 atom stereocenters. The molecule has 4 aromatic rings. The Morgan fingerprint density at radius 1 is 1.00 bits per heavy atom. The van der Waals surface area contributed by atoms with Crippen LogP contribution in [-0.2, 0) is 0 Å². The van der Waals surface area contributed by atoms with E-state index in [1.54, 1.807) is 12.1 Å². The first-order valence-corrected chi connectivity index (χ1v) is 11.9. The molecule has 0 spiro atoms. The summed E-state index contributed by atoms with van der Waals surface area (Å²) in [6, 6.07) is 21.1. The molecule has 0 unspecified atom stereocenters. The van der Waals surface area contributed by atoms with E-state index in [1.165, 1.54) is 19.3 Å². The second-order valence-corrected chi connectivity index (χ2v) is 8.61. The Kier molecular flexibility index (Phi) is 6.21. The van der Waals surface area contributed by atoms with Crippen molar-refractivity contribution in [3.05, 3.63) is 72.3 Å². The third-order valence-electron chi connectivity index (χ3n) is 6.37. The van der Waals surface area contributed by atoms with E-state index in [0.29, 0.717) is 35.4 Å². The molecule has 5 rings (SSSR count). The fourth-order valence-corrected chi connectivity index (χ4v) is 4.75. The summed E-state index contributed by atoms with van der Waals surface area (Å²) in [6.45, 7) is 2.52. The van der Waals surface area contributed by atoms with Crippen LogP contribution in [0.4, 0.5) is 0 Å². The van der Waals surface area contributed by atoms with Crippen LogP contribution < -0.4 is 9.47 Å². The van der Waals surface area contributed by atoms with Crippen molar-refractivity contribution < 1.29 is 19.4 Å². The summed E-state index contributed by atoms with van der Waals surface area (Å²) in [5, 5.41) is 9.43. The molecule has 0 aliphatic heterocycles. The Labute approximate surface area is 198 Å². The van der Waals surface area contributed by atoms with Gasteiger partial charge in [0.05, 0.1) is 23.2 Å². The van der Waals surface area contributed by atoms with Crippen molar-refractivity contribution in [1.82, 2.24) is 9.55 Å². The molecule has 0 saturated heterocycles. The summed E-state index contributed by atoms with van der Waals surface area (Å²) in [4.78, 5) is 16.4. The number of nitrogens with zero attached hydrogens (tertiary/aromatic N) is 2. The Morgan fingerprint density at radius 2 is 1.74 bits per heavy atom. The molecule has 1 fully saturated rings. The highest BCUT2D eigenvalue weighted by molar-refractivity contribution is 5.93. The minimum absolute atomic E-state index is 0.254. The molecule has 3 aromatic carbocycles. The quantitative estimate of drug-likeness (QED) is 0.321. The van der Waals surface area contributed by atoms with Crippen molar-refractivity contribution in [2.45, 2.75) is 45.1 Å². The molecular formula is C28H28N2O4. The van der Waals surface area contributed by atoms with Crippen molar-refractivity contribution in [1.29, 1.82) is 0 Å². The van der Waals surface area contributed by atoms with Crippen molar-refractivity contribution in [3.8, 4) is 28.6 Å². The van der Waals surface area contributed by atoms with Crippen LogP contribution in [0.1, 0.15) is 55.4 Å². The highest BCUT2D eigenvalue weighted by Gasteiger charge is 2.23. The SMILES string of the molecule is CCOc1ccccc1Oc1ccc(-c2nc3cc(C(=O)O)ccc3n2C2CCCCC2)cc1. The van der Waals surface area contributed by atoms with Gasteiger partial charge in [-0.3, -0.25) is 0 Å². The van der Waals surface area contributed by atoms with Gasteiger partial charge in [0.2, 0.25) is 0 Å². The molecule has 0 amide bonds. The van der Waals surface area contributed by atoms with Crippen LogP contribution in [0.25, 0.3) is 22.4 Å². The lowest BCUT2D eigenvalue weighted by Gasteiger charge is -2.25. The standard InChI is InChI=1S/C28H28N2O4/c1-2-33-25-10-6-7-11-26(25)34-22-15-12-19(13-16-22)27-29-23-18-20(28(31)32)14-17-24(23)30(27)21-8-4-3-5-9-21/h6-7,10-18,21H,2-5,8-9H2,1H3,(H,31,32). The summed E-state index contributed by atoms with van der Waals surface area (Å²) in [5.41, 5.74) is 2.93.